The second-order valence-corrected chi connectivity index (χ2v) is 9.42. The number of hydrogen-bond acceptors (Lipinski definition) is 7. The van der Waals surface area contributed by atoms with Gasteiger partial charge < -0.3 is 20.1 Å². The Morgan fingerprint density at radius 3 is 2.06 bits per heavy atom. The molecule has 32 heavy (non-hydrogen) atoms. The van der Waals surface area contributed by atoms with Crippen molar-refractivity contribution in [3.8, 4) is 0 Å². The smallest absolute Gasteiger partial charge is 0.463 e. The second-order valence-electron chi connectivity index (χ2n) is 7.97. The van der Waals surface area contributed by atoms with Crippen LogP contribution in [0.1, 0.15) is 97.3 Å². The van der Waals surface area contributed by atoms with E-state index >= 15 is 0 Å². The van der Waals surface area contributed by atoms with Crippen molar-refractivity contribution in [2.45, 2.75) is 103 Å². The maximum absolute atomic E-state index is 11.8. The fourth-order valence-corrected chi connectivity index (χ4v) is 3.66. The van der Waals surface area contributed by atoms with Crippen LogP contribution in [0.3, 0.4) is 0 Å². The molecule has 0 aromatic carbocycles. The van der Waals surface area contributed by atoms with E-state index in [0.717, 1.165) is 44.9 Å². The Labute approximate surface area is 193 Å². The van der Waals surface area contributed by atoms with Crippen LogP contribution < -0.4 is 5.32 Å². The summed E-state index contributed by atoms with van der Waals surface area (Å²) < 4.78 is 26.2. The van der Waals surface area contributed by atoms with Gasteiger partial charge in [0, 0.05) is 19.4 Å². The summed E-state index contributed by atoms with van der Waals surface area (Å²) in [7, 11) is -4.37. The van der Waals surface area contributed by atoms with Crippen LogP contribution in [0.4, 0.5) is 0 Å². The highest BCUT2D eigenvalue weighted by atomic mass is 31.2. The lowest BCUT2D eigenvalue weighted by atomic mass is 10.1. The number of carbonyl (C=O) groups is 2. The average Bonchev–Trinajstić information content (AvgIpc) is 2.76. The number of unbranched alkanes of at least 4 members (excludes halogenated alkanes) is 9. The van der Waals surface area contributed by atoms with Crippen LogP contribution in [-0.4, -0.2) is 54.3 Å². The molecule has 0 aliphatic carbocycles. The summed E-state index contributed by atoms with van der Waals surface area (Å²) in [6.07, 6.45) is 11.1. The highest BCUT2D eigenvalue weighted by Gasteiger charge is 2.23. The maximum Gasteiger partial charge on any atom is 0.472 e. The summed E-state index contributed by atoms with van der Waals surface area (Å²) in [5, 5.41) is 12.4. The van der Waals surface area contributed by atoms with Crippen molar-refractivity contribution in [2.24, 2.45) is 0 Å². The van der Waals surface area contributed by atoms with E-state index in [1.165, 1.54) is 25.7 Å². The van der Waals surface area contributed by atoms with Crippen molar-refractivity contribution >= 4 is 19.7 Å². The predicted octanol–water partition coefficient (Wildman–Crippen LogP) is 4.25. The normalized spacial score (nSPS) is 14.0. The first-order valence-corrected chi connectivity index (χ1v) is 13.5. The van der Waals surface area contributed by atoms with E-state index in [1.54, 1.807) is 0 Å². The molecule has 0 aromatic heterocycles. The molecule has 2 atom stereocenters. The van der Waals surface area contributed by atoms with Gasteiger partial charge in [-0.3, -0.25) is 18.6 Å². The van der Waals surface area contributed by atoms with Crippen LogP contribution in [0.25, 0.3) is 0 Å². The zero-order chi connectivity index (χ0) is 24.1. The number of hydrogen-bond donors (Lipinski definition) is 3. The van der Waals surface area contributed by atoms with E-state index in [4.69, 9.17) is 13.8 Å². The number of aliphatic hydroxyl groups is 1. The second kappa shape index (κ2) is 20.6. The number of carbonyl (C=O) groups excluding carboxylic acids is 2. The number of phosphoric ester groups is 1. The van der Waals surface area contributed by atoms with Gasteiger partial charge in [0.2, 0.25) is 5.91 Å². The quantitative estimate of drug-likeness (QED) is 0.119. The van der Waals surface area contributed by atoms with Gasteiger partial charge >= 0.3 is 13.8 Å². The van der Waals surface area contributed by atoms with Crippen molar-refractivity contribution in [3.05, 3.63) is 0 Å². The molecule has 0 aliphatic rings. The van der Waals surface area contributed by atoms with Gasteiger partial charge in [0.1, 0.15) is 12.7 Å². The fraction of sp³-hybridized carbons (Fsp3) is 0.909. The molecule has 190 valence electrons. The van der Waals surface area contributed by atoms with Crippen LogP contribution in [0.5, 0.6) is 0 Å². The molecule has 0 rings (SSSR count). The largest absolute Gasteiger partial charge is 0.472 e. The van der Waals surface area contributed by atoms with E-state index in [-0.39, 0.29) is 32.1 Å². The molecule has 0 aliphatic heterocycles. The van der Waals surface area contributed by atoms with Gasteiger partial charge in [0.25, 0.3) is 0 Å². The van der Waals surface area contributed by atoms with Gasteiger partial charge in [-0.25, -0.2) is 4.57 Å². The maximum atomic E-state index is 11.8. The Kier molecular flexibility index (Phi) is 20.0. The molecule has 0 heterocycles. The van der Waals surface area contributed by atoms with Crippen molar-refractivity contribution in [1.82, 2.24) is 5.32 Å². The summed E-state index contributed by atoms with van der Waals surface area (Å²) in [6.45, 7) is 3.32. The van der Waals surface area contributed by atoms with Crippen LogP contribution in [-0.2, 0) is 27.9 Å². The Morgan fingerprint density at radius 2 is 1.41 bits per heavy atom. The number of aliphatic hydroxyl groups excluding tert-OH is 1. The number of phosphoric acid groups is 1. The van der Waals surface area contributed by atoms with Gasteiger partial charge in [0.15, 0.2) is 0 Å². The molecule has 3 N–H and O–H groups in total. The van der Waals surface area contributed by atoms with E-state index in [1.807, 2.05) is 0 Å². The summed E-state index contributed by atoms with van der Waals surface area (Å²) in [5.74, 6) is -0.543. The first kappa shape index (κ1) is 31.0. The van der Waals surface area contributed by atoms with Gasteiger partial charge in [-0.15, -0.1) is 0 Å². The third-order valence-corrected chi connectivity index (χ3v) is 5.77. The minimum atomic E-state index is -4.37. The topological polar surface area (TPSA) is 131 Å². The molecule has 0 aromatic rings. The Hall–Kier alpha value is -0.990. The molecule has 0 radical (unpaired) electrons. The van der Waals surface area contributed by atoms with E-state index in [2.05, 4.69) is 19.2 Å². The van der Waals surface area contributed by atoms with Gasteiger partial charge in [-0.05, 0) is 12.8 Å². The summed E-state index contributed by atoms with van der Waals surface area (Å²) >= 11 is 0. The highest BCUT2D eigenvalue weighted by Crippen LogP contribution is 2.42. The van der Waals surface area contributed by atoms with Crippen LogP contribution in [0.2, 0.25) is 0 Å². The molecular weight excluding hydrogens is 437 g/mol. The molecule has 10 heteroatoms. The Balaban J connectivity index is 3.74. The number of amides is 1. The van der Waals surface area contributed by atoms with E-state index < -0.39 is 26.5 Å². The lowest BCUT2D eigenvalue weighted by molar-refractivity contribution is -0.147. The van der Waals surface area contributed by atoms with Gasteiger partial charge in [-0.2, -0.15) is 0 Å². The third-order valence-electron chi connectivity index (χ3n) is 4.79. The molecule has 0 saturated heterocycles. The summed E-state index contributed by atoms with van der Waals surface area (Å²) in [5.41, 5.74) is 0. The molecule has 9 nitrogen and oxygen atoms in total. The van der Waals surface area contributed by atoms with E-state index in [9.17, 15) is 24.2 Å². The van der Waals surface area contributed by atoms with Gasteiger partial charge in [-0.1, -0.05) is 71.6 Å². The van der Waals surface area contributed by atoms with Crippen molar-refractivity contribution in [3.63, 3.8) is 0 Å². The summed E-state index contributed by atoms with van der Waals surface area (Å²) in [6, 6.07) is 0. The molecule has 2 unspecified atom stereocenters. The third kappa shape index (κ3) is 20.9. The van der Waals surface area contributed by atoms with Crippen LogP contribution in [0, 0.1) is 0 Å². The molecule has 0 fully saturated rings. The molecule has 1 amide bonds. The number of nitrogens with one attached hydrogen (secondary N) is 1. The lowest BCUT2D eigenvalue weighted by Crippen LogP contribution is -2.27. The van der Waals surface area contributed by atoms with Crippen molar-refractivity contribution in [1.29, 1.82) is 0 Å². The SMILES string of the molecule is CCCCCCCCCC(=O)OCC(O)COP(=O)(O)OCCNC(=O)CCCCCC. The molecule has 0 saturated carbocycles. The number of rotatable bonds is 22. The monoisotopic (exact) mass is 481 g/mol. The highest BCUT2D eigenvalue weighted by molar-refractivity contribution is 7.47. The predicted molar refractivity (Wildman–Crippen MR) is 123 cm³/mol. The fourth-order valence-electron chi connectivity index (χ4n) is 2.91. The minimum Gasteiger partial charge on any atom is -0.463 e. The van der Waals surface area contributed by atoms with Gasteiger partial charge in [0.05, 0.1) is 13.2 Å². The molecule has 0 spiro atoms. The van der Waals surface area contributed by atoms with Crippen molar-refractivity contribution < 1.29 is 37.9 Å². The van der Waals surface area contributed by atoms with Crippen molar-refractivity contribution in [2.75, 3.05) is 26.4 Å². The van der Waals surface area contributed by atoms with E-state index in [0.29, 0.717) is 6.42 Å². The van der Waals surface area contributed by atoms with Crippen LogP contribution >= 0.6 is 7.82 Å². The minimum absolute atomic E-state index is 0.0826. The lowest BCUT2D eigenvalue weighted by Gasteiger charge is -2.15. The molecular formula is C22H44NO8P. The number of esters is 1. The van der Waals surface area contributed by atoms with Crippen LogP contribution in [0.15, 0.2) is 0 Å². The standard InChI is InChI=1S/C22H44NO8P/c1-3-5-7-9-10-11-13-15-22(26)29-18-20(24)19-31-32(27,28)30-17-16-23-21(25)14-12-8-6-4-2/h20,24H,3-19H2,1-2H3,(H,23,25)(H,27,28). The number of ether oxygens (including phenoxy) is 1. The zero-order valence-corrected chi connectivity index (χ0v) is 20.8. The zero-order valence-electron chi connectivity index (χ0n) is 19.9. The Bertz CT molecular complexity index is 532. The average molecular weight is 482 g/mol. The first-order chi connectivity index (χ1) is 15.3. The molecule has 0 bridgehead atoms. The summed E-state index contributed by atoms with van der Waals surface area (Å²) in [4.78, 5) is 32.9. The first-order valence-electron chi connectivity index (χ1n) is 12.0. The Morgan fingerprint density at radius 1 is 0.844 bits per heavy atom.